The van der Waals surface area contributed by atoms with Gasteiger partial charge in [0, 0.05) is 6.42 Å². The highest BCUT2D eigenvalue weighted by atomic mass is 32.2. The fourth-order valence-corrected chi connectivity index (χ4v) is 4.28. The van der Waals surface area contributed by atoms with Gasteiger partial charge in [-0.3, -0.25) is 4.79 Å². The Morgan fingerprint density at radius 1 is 1.12 bits per heavy atom. The van der Waals surface area contributed by atoms with Crippen LogP contribution in [0.2, 0.25) is 0 Å². The highest BCUT2D eigenvalue weighted by Gasteiger charge is 2.17. The van der Waals surface area contributed by atoms with Crippen molar-refractivity contribution in [2.24, 2.45) is 0 Å². The molecule has 1 N–H and O–H groups in total. The van der Waals surface area contributed by atoms with E-state index in [1.807, 2.05) is 0 Å². The highest BCUT2D eigenvalue weighted by Crippen LogP contribution is 2.27. The van der Waals surface area contributed by atoms with Crippen molar-refractivity contribution in [2.75, 3.05) is 11.1 Å². The minimum Gasteiger partial charge on any atom is -0.302 e. The monoisotopic (exact) mass is 364 g/mol. The number of para-hydroxylation sites is 1. The number of rotatable bonds is 5. The third-order valence-electron chi connectivity index (χ3n) is 3.32. The first-order valence-corrected chi connectivity index (χ1v) is 9.55. The molecule has 8 heteroatoms. The minimum absolute atomic E-state index is 0.180. The van der Waals surface area contributed by atoms with E-state index in [1.165, 1.54) is 18.2 Å². The van der Waals surface area contributed by atoms with E-state index in [2.05, 4.69) is 10.3 Å². The van der Waals surface area contributed by atoms with Crippen LogP contribution in [0.4, 0.5) is 9.52 Å². The molecule has 124 valence electrons. The van der Waals surface area contributed by atoms with E-state index in [-0.39, 0.29) is 27.7 Å². The van der Waals surface area contributed by atoms with Gasteiger partial charge in [0.1, 0.15) is 11.3 Å². The maximum absolute atomic E-state index is 13.6. The fraction of sp³-hybridized carbons (Fsp3) is 0.125. The lowest BCUT2D eigenvalue weighted by molar-refractivity contribution is -0.115. The van der Waals surface area contributed by atoms with Crippen molar-refractivity contribution >= 4 is 42.4 Å². The number of benzene rings is 2. The lowest BCUT2D eigenvalue weighted by atomic mass is 10.3. The quantitative estimate of drug-likeness (QED) is 0.754. The average molecular weight is 364 g/mol. The second-order valence-electron chi connectivity index (χ2n) is 5.04. The van der Waals surface area contributed by atoms with Crippen molar-refractivity contribution in [1.82, 2.24) is 4.98 Å². The molecular formula is C16H13FN2O3S2. The zero-order valence-electron chi connectivity index (χ0n) is 12.4. The third-order valence-corrected chi connectivity index (χ3v) is 5.98. The number of sulfone groups is 1. The summed E-state index contributed by atoms with van der Waals surface area (Å²) in [6.07, 6.45) is -0.199. The number of fused-ring (bicyclic) bond motifs is 1. The molecule has 0 fully saturated rings. The Morgan fingerprint density at radius 3 is 2.58 bits per heavy atom. The summed E-state index contributed by atoms with van der Waals surface area (Å²) in [6, 6.07) is 12.5. The van der Waals surface area contributed by atoms with Crippen molar-refractivity contribution in [3.8, 4) is 0 Å². The summed E-state index contributed by atoms with van der Waals surface area (Å²) >= 11 is 1.14. The second kappa shape index (κ2) is 6.66. The summed E-state index contributed by atoms with van der Waals surface area (Å²) < 4.78 is 38.5. The van der Waals surface area contributed by atoms with Gasteiger partial charge in [-0.2, -0.15) is 0 Å². The predicted octanol–water partition coefficient (Wildman–Crippen LogP) is 3.24. The van der Waals surface area contributed by atoms with Crippen LogP contribution in [0.25, 0.3) is 10.2 Å². The first kappa shape index (κ1) is 16.5. The largest absolute Gasteiger partial charge is 0.302 e. The van der Waals surface area contributed by atoms with Crippen LogP contribution in [-0.4, -0.2) is 25.1 Å². The molecule has 0 spiro atoms. The number of amides is 1. The molecule has 0 bridgehead atoms. The zero-order chi connectivity index (χ0) is 17.2. The first-order chi connectivity index (χ1) is 11.5. The van der Waals surface area contributed by atoms with E-state index < -0.39 is 21.6 Å². The summed E-state index contributed by atoms with van der Waals surface area (Å²) in [5.41, 5.74) is 0.190. The maximum Gasteiger partial charge on any atom is 0.227 e. The Labute approximate surface area is 142 Å². The number of hydrogen-bond acceptors (Lipinski definition) is 5. The number of nitrogens with zero attached hydrogens (tertiary/aromatic N) is 1. The topological polar surface area (TPSA) is 76.1 Å². The Balaban J connectivity index is 1.66. The smallest absolute Gasteiger partial charge is 0.227 e. The number of hydrogen-bond donors (Lipinski definition) is 1. The van der Waals surface area contributed by atoms with Crippen molar-refractivity contribution in [1.29, 1.82) is 0 Å². The number of anilines is 1. The van der Waals surface area contributed by atoms with Gasteiger partial charge in [0.25, 0.3) is 0 Å². The number of halogens is 1. The van der Waals surface area contributed by atoms with Crippen LogP contribution in [0.1, 0.15) is 6.42 Å². The fourth-order valence-electron chi connectivity index (χ4n) is 2.12. The van der Waals surface area contributed by atoms with Gasteiger partial charge in [-0.15, -0.1) is 0 Å². The number of carbonyl (C=O) groups excluding carboxylic acids is 1. The Hall–Kier alpha value is -2.32. The maximum atomic E-state index is 13.6. The van der Waals surface area contributed by atoms with Gasteiger partial charge in [0.15, 0.2) is 15.0 Å². The Bertz CT molecular complexity index is 985. The lowest BCUT2D eigenvalue weighted by Gasteiger charge is -2.04. The van der Waals surface area contributed by atoms with E-state index in [0.29, 0.717) is 4.70 Å². The van der Waals surface area contributed by atoms with Crippen LogP contribution < -0.4 is 5.32 Å². The van der Waals surface area contributed by atoms with E-state index in [4.69, 9.17) is 0 Å². The number of aromatic nitrogens is 1. The van der Waals surface area contributed by atoms with Gasteiger partial charge < -0.3 is 5.32 Å². The normalized spacial score (nSPS) is 11.5. The van der Waals surface area contributed by atoms with Crippen LogP contribution in [0, 0.1) is 5.82 Å². The molecule has 2 aromatic carbocycles. The number of thiazole rings is 1. The Kier molecular flexibility index (Phi) is 4.59. The summed E-state index contributed by atoms with van der Waals surface area (Å²) in [4.78, 5) is 16.1. The molecule has 1 heterocycles. The average Bonchev–Trinajstić information content (AvgIpc) is 2.98. The Morgan fingerprint density at radius 2 is 1.88 bits per heavy atom. The summed E-state index contributed by atoms with van der Waals surface area (Å²) in [5, 5.41) is 2.77. The summed E-state index contributed by atoms with van der Waals surface area (Å²) in [7, 11) is -3.52. The standard InChI is InChI=1S/C16H13FN2O3S2/c17-12-7-4-8-13-15(12)19-16(23-13)18-14(20)9-10-24(21,22)11-5-2-1-3-6-11/h1-8H,9-10H2,(H,18,19,20). The molecule has 24 heavy (non-hydrogen) atoms. The van der Waals surface area contributed by atoms with E-state index in [1.54, 1.807) is 30.3 Å². The zero-order valence-corrected chi connectivity index (χ0v) is 14.0. The molecule has 0 aliphatic heterocycles. The summed E-state index contributed by atoms with van der Waals surface area (Å²) in [5.74, 6) is -1.24. The van der Waals surface area contributed by atoms with Crippen molar-refractivity contribution in [3.05, 3.63) is 54.3 Å². The second-order valence-corrected chi connectivity index (χ2v) is 8.18. The van der Waals surface area contributed by atoms with Crippen LogP contribution in [-0.2, 0) is 14.6 Å². The van der Waals surface area contributed by atoms with Gasteiger partial charge in [0.05, 0.1) is 15.3 Å². The molecule has 0 aliphatic rings. The molecular weight excluding hydrogens is 351 g/mol. The van der Waals surface area contributed by atoms with E-state index >= 15 is 0 Å². The molecule has 0 radical (unpaired) electrons. The summed E-state index contributed by atoms with van der Waals surface area (Å²) in [6.45, 7) is 0. The van der Waals surface area contributed by atoms with E-state index in [0.717, 1.165) is 11.3 Å². The molecule has 0 atom stereocenters. The van der Waals surface area contributed by atoms with Gasteiger partial charge in [-0.25, -0.2) is 17.8 Å². The molecule has 0 aliphatic carbocycles. The highest BCUT2D eigenvalue weighted by molar-refractivity contribution is 7.91. The molecule has 3 aromatic rings. The SMILES string of the molecule is O=C(CCS(=O)(=O)c1ccccc1)Nc1nc2c(F)cccc2s1. The lowest BCUT2D eigenvalue weighted by Crippen LogP contribution is -2.17. The van der Waals surface area contributed by atoms with Crippen molar-refractivity contribution < 1.29 is 17.6 Å². The molecule has 0 unspecified atom stereocenters. The van der Waals surface area contributed by atoms with Gasteiger partial charge in [-0.1, -0.05) is 35.6 Å². The number of nitrogens with one attached hydrogen (secondary N) is 1. The third kappa shape index (κ3) is 3.60. The molecule has 0 saturated heterocycles. The van der Waals surface area contributed by atoms with Crippen LogP contribution in [0.3, 0.4) is 0 Å². The number of carbonyl (C=O) groups is 1. The van der Waals surface area contributed by atoms with Crippen LogP contribution >= 0.6 is 11.3 Å². The molecule has 0 saturated carbocycles. The van der Waals surface area contributed by atoms with Gasteiger partial charge in [-0.05, 0) is 24.3 Å². The minimum atomic E-state index is -3.52. The van der Waals surface area contributed by atoms with Crippen LogP contribution in [0.15, 0.2) is 53.4 Å². The first-order valence-electron chi connectivity index (χ1n) is 7.08. The van der Waals surface area contributed by atoms with Crippen molar-refractivity contribution in [2.45, 2.75) is 11.3 Å². The van der Waals surface area contributed by atoms with Crippen LogP contribution in [0.5, 0.6) is 0 Å². The van der Waals surface area contributed by atoms with Crippen molar-refractivity contribution in [3.63, 3.8) is 0 Å². The van der Waals surface area contributed by atoms with Gasteiger partial charge >= 0.3 is 0 Å². The van der Waals surface area contributed by atoms with E-state index in [9.17, 15) is 17.6 Å². The molecule has 3 rings (SSSR count). The van der Waals surface area contributed by atoms with Gasteiger partial charge in [0.2, 0.25) is 5.91 Å². The predicted molar refractivity (Wildman–Crippen MR) is 91.3 cm³/mol. The molecule has 1 amide bonds. The molecule has 5 nitrogen and oxygen atoms in total. The molecule has 1 aromatic heterocycles.